The molecular weight excluding hydrogens is 444 g/mol. The van der Waals surface area contributed by atoms with Gasteiger partial charge < -0.3 is 9.47 Å². The summed E-state index contributed by atoms with van der Waals surface area (Å²) in [7, 11) is 3.28. The number of methoxy groups -OCH3 is 2. The minimum atomic E-state index is 0.604. The van der Waals surface area contributed by atoms with Crippen LogP contribution < -0.4 is 14.3 Å². The van der Waals surface area contributed by atoms with Gasteiger partial charge in [-0.25, -0.2) is 9.67 Å². The molecule has 4 aromatic rings. The van der Waals surface area contributed by atoms with Crippen LogP contribution in [-0.2, 0) is 0 Å². The summed E-state index contributed by atoms with van der Waals surface area (Å²) < 4.78 is 12.9. The molecule has 1 aromatic heterocycles. The highest BCUT2D eigenvalue weighted by Gasteiger charge is 2.14. The number of aromatic nitrogens is 1. The first kappa shape index (κ1) is 23.0. The number of aryl methyl sites for hydroxylation is 1. The summed E-state index contributed by atoms with van der Waals surface area (Å²) in [6, 6.07) is 21.2. The molecule has 0 unspecified atom stereocenters. The summed E-state index contributed by atoms with van der Waals surface area (Å²) in [5.74, 6) is 1.43. The van der Waals surface area contributed by atoms with E-state index in [1.807, 2.05) is 52.5 Å². The molecular formula is C27H24N4O2S. The minimum Gasteiger partial charge on any atom is -0.497 e. The van der Waals surface area contributed by atoms with Crippen molar-refractivity contribution in [3.8, 4) is 28.8 Å². The molecule has 34 heavy (non-hydrogen) atoms. The van der Waals surface area contributed by atoms with Crippen molar-refractivity contribution < 1.29 is 9.47 Å². The lowest BCUT2D eigenvalue weighted by Gasteiger charge is -2.11. The molecule has 0 fully saturated rings. The molecule has 0 aliphatic heterocycles. The Morgan fingerprint density at radius 2 is 1.79 bits per heavy atom. The Balaban J connectivity index is 1.91. The number of benzene rings is 3. The Morgan fingerprint density at radius 3 is 2.50 bits per heavy atom. The van der Waals surface area contributed by atoms with Crippen LogP contribution in [-0.4, -0.2) is 25.1 Å². The van der Waals surface area contributed by atoms with Crippen LogP contribution in [0.5, 0.6) is 11.5 Å². The molecule has 4 rings (SSSR count). The quantitative estimate of drug-likeness (QED) is 0.334. The van der Waals surface area contributed by atoms with Gasteiger partial charge in [0.25, 0.3) is 0 Å². The van der Waals surface area contributed by atoms with Crippen LogP contribution in [0.1, 0.15) is 22.3 Å². The van der Waals surface area contributed by atoms with Crippen LogP contribution in [0.15, 0.2) is 76.1 Å². The third kappa shape index (κ3) is 4.77. The summed E-state index contributed by atoms with van der Waals surface area (Å²) in [6.07, 6.45) is 1.76. The first-order valence-electron chi connectivity index (χ1n) is 10.6. The van der Waals surface area contributed by atoms with E-state index in [9.17, 15) is 0 Å². The number of ether oxygens (including phenoxy) is 2. The van der Waals surface area contributed by atoms with Gasteiger partial charge in [-0.05, 0) is 66.9 Å². The summed E-state index contributed by atoms with van der Waals surface area (Å²) in [6.45, 7) is 4.14. The molecule has 7 heteroatoms. The number of nitriles is 1. The van der Waals surface area contributed by atoms with E-state index >= 15 is 0 Å². The van der Waals surface area contributed by atoms with Crippen molar-refractivity contribution in [3.05, 3.63) is 93.1 Å². The van der Waals surface area contributed by atoms with E-state index in [1.54, 1.807) is 32.6 Å². The van der Waals surface area contributed by atoms with Crippen LogP contribution in [0.2, 0.25) is 0 Å². The Morgan fingerprint density at radius 1 is 1.00 bits per heavy atom. The monoisotopic (exact) mass is 468 g/mol. The largest absolute Gasteiger partial charge is 0.497 e. The van der Waals surface area contributed by atoms with Gasteiger partial charge in [-0.1, -0.05) is 24.3 Å². The predicted molar refractivity (Wildman–Crippen MR) is 136 cm³/mol. The van der Waals surface area contributed by atoms with Gasteiger partial charge >= 0.3 is 0 Å². The third-order valence-corrected chi connectivity index (χ3v) is 6.34. The van der Waals surface area contributed by atoms with E-state index in [0.717, 1.165) is 38.6 Å². The van der Waals surface area contributed by atoms with Gasteiger partial charge in [-0.2, -0.15) is 10.4 Å². The molecule has 0 bridgehead atoms. The molecule has 0 N–H and O–H groups in total. The van der Waals surface area contributed by atoms with E-state index in [4.69, 9.17) is 24.8 Å². The Bertz CT molecular complexity index is 1460. The van der Waals surface area contributed by atoms with Crippen molar-refractivity contribution in [2.24, 2.45) is 10.1 Å². The van der Waals surface area contributed by atoms with Gasteiger partial charge in [-0.15, -0.1) is 11.3 Å². The molecule has 170 valence electrons. The second-order valence-electron chi connectivity index (χ2n) is 7.59. The molecule has 0 radical (unpaired) electrons. The van der Waals surface area contributed by atoms with Gasteiger partial charge in [0.1, 0.15) is 11.5 Å². The third-order valence-electron chi connectivity index (χ3n) is 5.52. The molecule has 0 aliphatic rings. The van der Waals surface area contributed by atoms with Crippen LogP contribution in [0.3, 0.4) is 0 Å². The standard InChI is InChI=1S/C27H24N4O2S/c1-18-6-5-7-24(19(18)2)30-27-31(29-16-21-10-8-20(15-28)9-11-21)25(17-34-27)23-14-22(32-3)12-13-26(23)33-4/h5-14,16-17H,1-4H3/b29-16+,30-27?. The second-order valence-corrected chi connectivity index (χ2v) is 8.43. The van der Waals surface area contributed by atoms with Gasteiger partial charge in [0.2, 0.25) is 4.80 Å². The smallest absolute Gasteiger partial charge is 0.211 e. The fraction of sp³-hybridized carbons (Fsp3) is 0.148. The van der Waals surface area contributed by atoms with Gasteiger partial charge in [0.15, 0.2) is 0 Å². The number of thiazole rings is 1. The average Bonchev–Trinajstić information content (AvgIpc) is 3.27. The van der Waals surface area contributed by atoms with Crippen molar-refractivity contribution >= 4 is 23.2 Å². The Hall–Kier alpha value is -4.15. The topological polar surface area (TPSA) is 71.9 Å². The highest BCUT2D eigenvalue weighted by atomic mass is 32.1. The normalized spacial score (nSPS) is 11.6. The minimum absolute atomic E-state index is 0.604. The van der Waals surface area contributed by atoms with Crippen LogP contribution in [0, 0.1) is 25.2 Å². The maximum Gasteiger partial charge on any atom is 0.211 e. The van der Waals surface area contributed by atoms with Crippen LogP contribution in [0.25, 0.3) is 11.3 Å². The first-order chi connectivity index (χ1) is 16.5. The van der Waals surface area contributed by atoms with Crippen molar-refractivity contribution in [1.29, 1.82) is 5.26 Å². The summed E-state index contributed by atoms with van der Waals surface area (Å²) in [5, 5.41) is 15.8. The zero-order valence-corrected chi connectivity index (χ0v) is 20.3. The fourth-order valence-corrected chi connectivity index (χ4v) is 4.26. The molecule has 0 saturated heterocycles. The Labute approximate surface area is 202 Å². The lowest BCUT2D eigenvalue weighted by atomic mass is 10.1. The molecule has 0 atom stereocenters. The van der Waals surface area contributed by atoms with Crippen molar-refractivity contribution in [2.75, 3.05) is 14.2 Å². The molecule has 0 aliphatic carbocycles. The van der Waals surface area contributed by atoms with Crippen LogP contribution >= 0.6 is 11.3 Å². The highest BCUT2D eigenvalue weighted by Crippen LogP contribution is 2.34. The molecule has 0 saturated carbocycles. The lowest BCUT2D eigenvalue weighted by molar-refractivity contribution is 0.404. The number of rotatable bonds is 6. The maximum atomic E-state index is 9.06. The maximum absolute atomic E-state index is 9.06. The predicted octanol–water partition coefficient (Wildman–Crippen LogP) is 5.84. The van der Waals surface area contributed by atoms with Crippen molar-refractivity contribution in [2.45, 2.75) is 13.8 Å². The van der Waals surface area contributed by atoms with Gasteiger partial charge in [-0.3, -0.25) is 0 Å². The van der Waals surface area contributed by atoms with E-state index in [1.165, 1.54) is 16.9 Å². The number of hydrogen-bond donors (Lipinski definition) is 0. The fourth-order valence-electron chi connectivity index (χ4n) is 3.42. The number of hydrogen-bond acceptors (Lipinski definition) is 6. The van der Waals surface area contributed by atoms with Gasteiger partial charge in [0, 0.05) is 10.9 Å². The summed E-state index contributed by atoms with van der Waals surface area (Å²) >= 11 is 1.50. The van der Waals surface area contributed by atoms with E-state index in [2.05, 4.69) is 26.0 Å². The Kier molecular flexibility index (Phi) is 6.90. The summed E-state index contributed by atoms with van der Waals surface area (Å²) in [5.41, 5.74) is 6.35. The molecule has 6 nitrogen and oxygen atoms in total. The zero-order chi connectivity index (χ0) is 24.1. The molecule has 1 heterocycles. The van der Waals surface area contributed by atoms with Gasteiger partial charge in [0.05, 0.1) is 43.4 Å². The van der Waals surface area contributed by atoms with E-state index in [-0.39, 0.29) is 0 Å². The number of nitrogens with zero attached hydrogens (tertiary/aromatic N) is 4. The molecule has 0 amide bonds. The van der Waals surface area contributed by atoms with Crippen LogP contribution in [0.4, 0.5) is 5.69 Å². The average molecular weight is 469 g/mol. The summed E-state index contributed by atoms with van der Waals surface area (Å²) in [4.78, 5) is 5.66. The van der Waals surface area contributed by atoms with Crippen molar-refractivity contribution in [3.63, 3.8) is 0 Å². The molecule has 3 aromatic carbocycles. The first-order valence-corrected chi connectivity index (χ1v) is 11.5. The second kappa shape index (κ2) is 10.2. The van der Waals surface area contributed by atoms with E-state index in [0.29, 0.717) is 11.3 Å². The SMILES string of the molecule is COc1ccc(OC)c(-c2csc(=Nc3cccc(C)c3C)n2/N=C/c2ccc(C#N)cc2)c1. The highest BCUT2D eigenvalue weighted by molar-refractivity contribution is 7.07. The zero-order valence-electron chi connectivity index (χ0n) is 19.4. The van der Waals surface area contributed by atoms with Crippen molar-refractivity contribution in [1.82, 2.24) is 4.68 Å². The molecule has 0 spiro atoms. The lowest BCUT2D eigenvalue weighted by Crippen LogP contribution is -2.12. The van der Waals surface area contributed by atoms with E-state index < -0.39 is 0 Å².